The number of hydrogen-bond acceptors (Lipinski definition) is 4. The predicted octanol–water partition coefficient (Wildman–Crippen LogP) is 2.26. The van der Waals surface area contributed by atoms with Crippen molar-refractivity contribution in [1.29, 1.82) is 0 Å². The highest BCUT2D eigenvalue weighted by Gasteiger charge is 2.02. The molecule has 0 atom stereocenters. The quantitative estimate of drug-likeness (QED) is 0.720. The van der Waals surface area contributed by atoms with Crippen LogP contribution in [0, 0.1) is 0 Å². The van der Waals surface area contributed by atoms with Crippen molar-refractivity contribution in [2.24, 2.45) is 0 Å². The van der Waals surface area contributed by atoms with Crippen LogP contribution in [-0.4, -0.2) is 41.7 Å². The fraction of sp³-hybridized carbons (Fsp3) is 0.375. The number of nitrogens with one attached hydrogen (secondary N) is 1. The molecule has 1 amide bonds. The monoisotopic (exact) mass is 319 g/mol. The maximum Gasteiger partial charge on any atom is 0.230 e. The van der Waals surface area contributed by atoms with Gasteiger partial charge in [0.25, 0.3) is 0 Å². The molecule has 1 aromatic heterocycles. The molecule has 5 nitrogen and oxygen atoms in total. The van der Waals surface area contributed by atoms with E-state index in [4.69, 9.17) is 4.74 Å². The van der Waals surface area contributed by atoms with Crippen molar-refractivity contribution < 1.29 is 9.53 Å². The van der Waals surface area contributed by atoms with Gasteiger partial charge in [-0.3, -0.25) is 4.79 Å². The summed E-state index contributed by atoms with van der Waals surface area (Å²) in [5.74, 6) is 1.38. The van der Waals surface area contributed by atoms with E-state index in [-0.39, 0.29) is 5.91 Å². The van der Waals surface area contributed by atoms with E-state index in [1.54, 1.807) is 25.1 Å². The maximum atomic E-state index is 11.6. The van der Waals surface area contributed by atoms with Crippen molar-refractivity contribution in [3.8, 4) is 5.69 Å². The molecule has 0 unspecified atom stereocenters. The van der Waals surface area contributed by atoms with E-state index in [9.17, 15) is 4.79 Å². The third-order valence-corrected chi connectivity index (χ3v) is 4.06. The summed E-state index contributed by atoms with van der Waals surface area (Å²) < 4.78 is 6.76. The Morgan fingerprint density at radius 3 is 2.86 bits per heavy atom. The van der Waals surface area contributed by atoms with Gasteiger partial charge in [-0.15, -0.1) is 11.8 Å². The number of nitrogens with zero attached hydrogens (tertiary/aromatic N) is 2. The van der Waals surface area contributed by atoms with Crippen molar-refractivity contribution in [2.75, 3.05) is 26.0 Å². The number of aromatic nitrogens is 2. The second-order valence-corrected chi connectivity index (χ2v) is 5.79. The third kappa shape index (κ3) is 5.54. The largest absolute Gasteiger partial charge is 0.385 e. The lowest BCUT2D eigenvalue weighted by atomic mass is 10.2. The van der Waals surface area contributed by atoms with Crippen LogP contribution in [-0.2, 0) is 15.3 Å². The minimum atomic E-state index is 0.0780. The van der Waals surface area contributed by atoms with Crippen molar-refractivity contribution in [3.05, 3.63) is 48.3 Å². The molecule has 0 aliphatic rings. The molecule has 0 fully saturated rings. The van der Waals surface area contributed by atoms with Gasteiger partial charge in [0.2, 0.25) is 5.91 Å². The van der Waals surface area contributed by atoms with E-state index in [1.807, 2.05) is 29.1 Å². The molecular formula is C16H21N3O2S. The van der Waals surface area contributed by atoms with Crippen molar-refractivity contribution >= 4 is 17.7 Å². The van der Waals surface area contributed by atoms with Crippen molar-refractivity contribution in [1.82, 2.24) is 15.1 Å². The topological polar surface area (TPSA) is 56.1 Å². The Morgan fingerprint density at radius 2 is 2.18 bits per heavy atom. The second kappa shape index (κ2) is 9.27. The fourth-order valence-electron chi connectivity index (χ4n) is 1.92. The first-order valence-electron chi connectivity index (χ1n) is 7.22. The van der Waals surface area contributed by atoms with Gasteiger partial charge in [0.1, 0.15) is 0 Å². The first-order valence-corrected chi connectivity index (χ1v) is 8.37. The van der Waals surface area contributed by atoms with E-state index in [1.165, 1.54) is 5.56 Å². The average molecular weight is 319 g/mol. The van der Waals surface area contributed by atoms with E-state index < -0.39 is 0 Å². The lowest BCUT2D eigenvalue weighted by Crippen LogP contribution is -2.26. The van der Waals surface area contributed by atoms with Gasteiger partial charge in [0, 0.05) is 38.4 Å². The molecule has 1 N–H and O–H groups in total. The maximum absolute atomic E-state index is 11.6. The summed E-state index contributed by atoms with van der Waals surface area (Å²) in [7, 11) is 1.66. The zero-order chi connectivity index (χ0) is 15.6. The van der Waals surface area contributed by atoms with Gasteiger partial charge in [-0.2, -0.15) is 5.10 Å². The zero-order valence-electron chi connectivity index (χ0n) is 12.7. The SMILES string of the molecule is COCCCNC(=O)CSCc1ccc(-n2cccn2)cc1. The molecule has 0 radical (unpaired) electrons. The van der Waals surface area contributed by atoms with Crippen LogP contribution in [0.25, 0.3) is 5.69 Å². The number of carbonyl (C=O) groups is 1. The Balaban J connectivity index is 1.68. The smallest absolute Gasteiger partial charge is 0.230 e. The molecule has 1 aromatic carbocycles. The number of benzene rings is 1. The summed E-state index contributed by atoms with van der Waals surface area (Å²) in [6.07, 6.45) is 4.52. The van der Waals surface area contributed by atoms with E-state index in [2.05, 4.69) is 22.5 Å². The van der Waals surface area contributed by atoms with Gasteiger partial charge < -0.3 is 10.1 Å². The van der Waals surface area contributed by atoms with Gasteiger partial charge in [0.05, 0.1) is 11.4 Å². The molecule has 2 rings (SSSR count). The number of amides is 1. The molecule has 0 spiro atoms. The summed E-state index contributed by atoms with van der Waals surface area (Å²) in [4.78, 5) is 11.6. The normalized spacial score (nSPS) is 10.6. The highest BCUT2D eigenvalue weighted by molar-refractivity contribution is 7.99. The van der Waals surface area contributed by atoms with Gasteiger partial charge in [-0.05, 0) is 30.2 Å². The average Bonchev–Trinajstić information content (AvgIpc) is 3.07. The molecule has 1 heterocycles. The number of hydrogen-bond donors (Lipinski definition) is 1. The first kappa shape index (κ1) is 16.6. The van der Waals surface area contributed by atoms with Crippen LogP contribution in [0.3, 0.4) is 0 Å². The molecule has 6 heteroatoms. The Morgan fingerprint density at radius 1 is 1.36 bits per heavy atom. The van der Waals surface area contributed by atoms with E-state index in [0.717, 1.165) is 17.9 Å². The molecule has 2 aromatic rings. The first-order chi connectivity index (χ1) is 10.8. The Labute approximate surface area is 135 Å². The number of carbonyl (C=O) groups excluding carboxylic acids is 1. The van der Waals surface area contributed by atoms with Crippen LogP contribution in [0.15, 0.2) is 42.7 Å². The second-order valence-electron chi connectivity index (χ2n) is 4.81. The van der Waals surface area contributed by atoms with Crippen LogP contribution in [0.5, 0.6) is 0 Å². The molecule has 0 aliphatic heterocycles. The van der Waals surface area contributed by atoms with Crippen LogP contribution in [0.2, 0.25) is 0 Å². The molecule has 0 saturated heterocycles. The fourth-order valence-corrected chi connectivity index (χ4v) is 2.74. The molecular weight excluding hydrogens is 298 g/mol. The summed E-state index contributed by atoms with van der Waals surface area (Å²) in [5.41, 5.74) is 2.24. The summed E-state index contributed by atoms with van der Waals surface area (Å²) in [6, 6.07) is 10.1. The Bertz CT molecular complexity index is 555. The minimum absolute atomic E-state index is 0.0780. The molecule has 118 valence electrons. The van der Waals surface area contributed by atoms with Crippen LogP contribution < -0.4 is 5.32 Å². The van der Waals surface area contributed by atoms with Gasteiger partial charge in [0.15, 0.2) is 0 Å². The lowest BCUT2D eigenvalue weighted by molar-refractivity contribution is -0.118. The highest BCUT2D eigenvalue weighted by Crippen LogP contribution is 2.14. The summed E-state index contributed by atoms with van der Waals surface area (Å²) >= 11 is 1.62. The van der Waals surface area contributed by atoms with Crippen LogP contribution in [0.1, 0.15) is 12.0 Å². The Kier molecular flexibility index (Phi) is 6.99. The highest BCUT2D eigenvalue weighted by atomic mass is 32.2. The predicted molar refractivity (Wildman–Crippen MR) is 89.2 cm³/mol. The van der Waals surface area contributed by atoms with E-state index >= 15 is 0 Å². The number of methoxy groups -OCH3 is 1. The molecule has 0 saturated carbocycles. The van der Waals surface area contributed by atoms with Crippen LogP contribution >= 0.6 is 11.8 Å². The van der Waals surface area contributed by atoms with E-state index in [0.29, 0.717) is 18.9 Å². The van der Waals surface area contributed by atoms with Crippen molar-refractivity contribution in [3.63, 3.8) is 0 Å². The summed E-state index contributed by atoms with van der Waals surface area (Å²) in [5, 5.41) is 7.07. The standard InChI is InChI=1S/C16H21N3O2S/c1-21-11-3-8-17-16(20)13-22-12-14-4-6-15(7-5-14)19-10-2-9-18-19/h2,4-7,9-10H,3,8,11-13H2,1H3,(H,17,20). The van der Waals surface area contributed by atoms with Gasteiger partial charge >= 0.3 is 0 Å². The summed E-state index contributed by atoms with van der Waals surface area (Å²) in [6.45, 7) is 1.35. The lowest BCUT2D eigenvalue weighted by Gasteiger charge is -2.06. The van der Waals surface area contributed by atoms with Crippen LogP contribution in [0.4, 0.5) is 0 Å². The van der Waals surface area contributed by atoms with Gasteiger partial charge in [-0.1, -0.05) is 12.1 Å². The molecule has 0 aliphatic carbocycles. The zero-order valence-corrected chi connectivity index (χ0v) is 13.5. The molecule has 22 heavy (non-hydrogen) atoms. The third-order valence-electron chi connectivity index (χ3n) is 3.05. The Hall–Kier alpha value is -1.79. The molecule has 0 bridgehead atoms. The number of rotatable bonds is 9. The number of ether oxygens (including phenoxy) is 1. The minimum Gasteiger partial charge on any atom is -0.385 e. The van der Waals surface area contributed by atoms with Crippen molar-refractivity contribution in [2.45, 2.75) is 12.2 Å². The van der Waals surface area contributed by atoms with Gasteiger partial charge in [-0.25, -0.2) is 4.68 Å². The number of thioether (sulfide) groups is 1.